The summed E-state index contributed by atoms with van der Waals surface area (Å²) in [7, 11) is 1.55. The van der Waals surface area contributed by atoms with Gasteiger partial charge in [-0.1, -0.05) is 29.8 Å². The molecule has 3 rings (SSSR count). The number of allylic oxidation sites excluding steroid dienone is 1. The first-order valence-electron chi connectivity index (χ1n) is 8.49. The van der Waals surface area contributed by atoms with E-state index in [9.17, 15) is 4.79 Å². The molecule has 0 unspecified atom stereocenters. The van der Waals surface area contributed by atoms with Gasteiger partial charge in [-0.3, -0.25) is 4.90 Å². The van der Waals surface area contributed by atoms with E-state index in [1.54, 1.807) is 23.0 Å². The molecule has 1 saturated heterocycles. The zero-order valence-electron chi connectivity index (χ0n) is 15.0. The second-order valence-corrected chi connectivity index (χ2v) is 6.51. The van der Waals surface area contributed by atoms with E-state index in [2.05, 4.69) is 0 Å². The van der Waals surface area contributed by atoms with E-state index in [0.29, 0.717) is 41.5 Å². The second kappa shape index (κ2) is 8.14. The average Bonchev–Trinajstić information content (AvgIpc) is 3.05. The first kappa shape index (κ1) is 18.8. The van der Waals surface area contributed by atoms with Gasteiger partial charge in [0.25, 0.3) is 0 Å². The summed E-state index contributed by atoms with van der Waals surface area (Å²) in [5.41, 5.74) is 8.49. The lowest BCUT2D eigenvalue weighted by Gasteiger charge is -2.20. The molecular formula is C20H21ClN4O2. The molecule has 2 amide bonds. The summed E-state index contributed by atoms with van der Waals surface area (Å²) < 4.78 is 5.43. The molecule has 0 spiro atoms. The molecule has 1 aliphatic heterocycles. The number of nitrogens with two attached hydrogens (primary N) is 1. The zero-order valence-corrected chi connectivity index (χ0v) is 15.7. The van der Waals surface area contributed by atoms with Crippen LogP contribution >= 0.6 is 11.6 Å². The van der Waals surface area contributed by atoms with Crippen molar-refractivity contribution in [2.24, 2.45) is 5.73 Å². The Kier molecular flexibility index (Phi) is 5.66. The maximum absolute atomic E-state index is 12.9. The van der Waals surface area contributed by atoms with Gasteiger partial charge in [-0.15, -0.1) is 0 Å². The van der Waals surface area contributed by atoms with Gasteiger partial charge in [0.15, 0.2) is 0 Å². The lowest BCUT2D eigenvalue weighted by molar-refractivity contribution is 0.219. The highest BCUT2D eigenvalue weighted by Crippen LogP contribution is 2.32. The minimum atomic E-state index is -0.0774. The maximum Gasteiger partial charge on any atom is 0.324 e. The minimum absolute atomic E-state index is 0.0774. The highest BCUT2D eigenvalue weighted by molar-refractivity contribution is 6.31. The molecule has 0 bridgehead atoms. The van der Waals surface area contributed by atoms with Gasteiger partial charge in [0, 0.05) is 60.0 Å². The van der Waals surface area contributed by atoms with E-state index >= 15 is 0 Å². The molecule has 140 valence electrons. The van der Waals surface area contributed by atoms with Gasteiger partial charge < -0.3 is 20.8 Å². The summed E-state index contributed by atoms with van der Waals surface area (Å²) in [5.74, 6) is 0.560. The van der Waals surface area contributed by atoms with Crippen LogP contribution in [0.25, 0.3) is 5.57 Å². The Morgan fingerprint density at radius 2 is 2.07 bits per heavy atom. The van der Waals surface area contributed by atoms with Crippen molar-refractivity contribution < 1.29 is 9.53 Å². The van der Waals surface area contributed by atoms with E-state index in [1.165, 1.54) is 12.4 Å². The maximum atomic E-state index is 12.9. The SMILES string of the molecule is COc1cc(N2CCN(Cc3ccccc3Cl)C2=O)ccc1/C(C=N)=C/N. The second-order valence-electron chi connectivity index (χ2n) is 6.10. The Labute approximate surface area is 163 Å². The highest BCUT2D eigenvalue weighted by atomic mass is 35.5. The number of benzene rings is 2. The largest absolute Gasteiger partial charge is 0.496 e. The summed E-state index contributed by atoms with van der Waals surface area (Å²) in [4.78, 5) is 16.3. The zero-order chi connectivity index (χ0) is 19.4. The molecular weight excluding hydrogens is 364 g/mol. The van der Waals surface area contributed by atoms with E-state index in [-0.39, 0.29) is 6.03 Å². The Hall–Kier alpha value is -2.99. The summed E-state index contributed by atoms with van der Waals surface area (Å²) in [6, 6.07) is 12.9. The number of nitrogens with one attached hydrogen (secondary N) is 1. The smallest absolute Gasteiger partial charge is 0.324 e. The average molecular weight is 385 g/mol. The van der Waals surface area contributed by atoms with Gasteiger partial charge in [-0.2, -0.15) is 0 Å². The van der Waals surface area contributed by atoms with Gasteiger partial charge in [-0.05, 0) is 23.8 Å². The lowest BCUT2D eigenvalue weighted by Crippen LogP contribution is -2.31. The van der Waals surface area contributed by atoms with E-state index in [1.807, 2.05) is 36.4 Å². The summed E-state index contributed by atoms with van der Waals surface area (Å²) >= 11 is 6.22. The molecule has 1 aliphatic rings. The molecule has 0 radical (unpaired) electrons. The van der Waals surface area contributed by atoms with Crippen molar-refractivity contribution in [1.29, 1.82) is 5.41 Å². The monoisotopic (exact) mass is 384 g/mol. The molecule has 0 aliphatic carbocycles. The lowest BCUT2D eigenvalue weighted by atomic mass is 10.1. The fourth-order valence-corrected chi connectivity index (χ4v) is 3.30. The quantitative estimate of drug-likeness (QED) is 0.744. The fourth-order valence-electron chi connectivity index (χ4n) is 3.10. The number of carbonyl (C=O) groups is 1. The molecule has 0 saturated carbocycles. The first-order valence-corrected chi connectivity index (χ1v) is 8.87. The van der Waals surface area contributed by atoms with Crippen molar-refractivity contribution in [1.82, 2.24) is 4.90 Å². The normalized spacial score (nSPS) is 14.6. The van der Waals surface area contributed by atoms with Crippen molar-refractivity contribution in [2.75, 3.05) is 25.1 Å². The summed E-state index contributed by atoms with van der Waals surface area (Å²) in [5, 5.41) is 8.12. The Bertz CT molecular complexity index is 897. The number of amides is 2. The van der Waals surface area contributed by atoms with Crippen LogP contribution in [0.2, 0.25) is 5.02 Å². The van der Waals surface area contributed by atoms with Crippen LogP contribution in [0, 0.1) is 5.41 Å². The predicted molar refractivity (Wildman–Crippen MR) is 109 cm³/mol. The number of hydrogen-bond acceptors (Lipinski definition) is 4. The number of rotatable bonds is 6. The number of nitrogens with zero attached hydrogens (tertiary/aromatic N) is 2. The third-order valence-electron chi connectivity index (χ3n) is 4.56. The number of methoxy groups -OCH3 is 1. The summed E-state index contributed by atoms with van der Waals surface area (Å²) in [6.45, 7) is 1.66. The molecule has 1 heterocycles. The predicted octanol–water partition coefficient (Wildman–Crippen LogP) is 3.74. The van der Waals surface area contributed by atoms with Gasteiger partial charge in [0.05, 0.1) is 7.11 Å². The van der Waals surface area contributed by atoms with E-state index < -0.39 is 0 Å². The topological polar surface area (TPSA) is 82.7 Å². The molecule has 0 atom stereocenters. The van der Waals surface area contributed by atoms with Crippen molar-refractivity contribution in [2.45, 2.75) is 6.54 Å². The molecule has 6 nitrogen and oxygen atoms in total. The van der Waals surface area contributed by atoms with Gasteiger partial charge >= 0.3 is 6.03 Å². The number of anilines is 1. The molecule has 2 aromatic carbocycles. The van der Waals surface area contributed by atoms with Crippen molar-refractivity contribution in [3.63, 3.8) is 0 Å². The number of urea groups is 1. The summed E-state index contributed by atoms with van der Waals surface area (Å²) in [6.07, 6.45) is 2.53. The number of halogens is 1. The first-order chi connectivity index (χ1) is 13.1. The van der Waals surface area contributed by atoms with Crippen LogP contribution in [0.3, 0.4) is 0 Å². The van der Waals surface area contributed by atoms with Crippen molar-refractivity contribution in [3.05, 3.63) is 64.8 Å². The molecule has 1 fully saturated rings. The Morgan fingerprint density at radius 1 is 1.30 bits per heavy atom. The van der Waals surface area contributed by atoms with Crippen LogP contribution in [-0.4, -0.2) is 37.3 Å². The fraction of sp³-hybridized carbons (Fsp3) is 0.200. The van der Waals surface area contributed by atoms with E-state index in [0.717, 1.165) is 11.3 Å². The third kappa shape index (κ3) is 3.75. The Balaban J connectivity index is 1.82. The standard InChI is InChI=1S/C20H21ClN4O2/c1-27-19-10-16(6-7-17(19)15(11-22)12-23)25-9-8-24(20(25)26)13-14-4-2-3-5-18(14)21/h2-7,10-12,22H,8-9,13,23H2,1H3/b15-12+,22-11?. The van der Waals surface area contributed by atoms with Crippen LogP contribution < -0.4 is 15.4 Å². The van der Waals surface area contributed by atoms with Crippen molar-refractivity contribution >= 4 is 35.1 Å². The van der Waals surface area contributed by atoms with E-state index in [4.69, 9.17) is 27.5 Å². The number of carbonyl (C=O) groups excluding carboxylic acids is 1. The van der Waals surface area contributed by atoms with Crippen LogP contribution in [0.15, 0.2) is 48.7 Å². The molecule has 27 heavy (non-hydrogen) atoms. The van der Waals surface area contributed by atoms with Crippen LogP contribution in [0.4, 0.5) is 10.5 Å². The van der Waals surface area contributed by atoms with Gasteiger partial charge in [-0.25, -0.2) is 4.79 Å². The molecule has 7 heteroatoms. The number of ether oxygens (including phenoxy) is 1. The molecule has 0 aromatic heterocycles. The molecule has 3 N–H and O–H groups in total. The van der Waals surface area contributed by atoms with Gasteiger partial charge in [0.1, 0.15) is 5.75 Å². The highest BCUT2D eigenvalue weighted by Gasteiger charge is 2.30. The van der Waals surface area contributed by atoms with Crippen LogP contribution in [-0.2, 0) is 6.54 Å². The Morgan fingerprint density at radius 3 is 2.74 bits per heavy atom. The van der Waals surface area contributed by atoms with Crippen LogP contribution in [0.1, 0.15) is 11.1 Å². The minimum Gasteiger partial charge on any atom is -0.496 e. The van der Waals surface area contributed by atoms with Gasteiger partial charge in [0.2, 0.25) is 0 Å². The number of hydrogen-bond donors (Lipinski definition) is 2. The van der Waals surface area contributed by atoms with Crippen LogP contribution in [0.5, 0.6) is 5.75 Å². The van der Waals surface area contributed by atoms with Crippen molar-refractivity contribution in [3.8, 4) is 5.75 Å². The molecule has 2 aromatic rings. The third-order valence-corrected chi connectivity index (χ3v) is 4.93.